The predicted molar refractivity (Wildman–Crippen MR) is 62.3 cm³/mol. The number of hydrogen-bond acceptors (Lipinski definition) is 4. The summed E-state index contributed by atoms with van der Waals surface area (Å²) in [4.78, 5) is 11.4. The number of hydrogen-bond donors (Lipinski definition) is 1. The van der Waals surface area contributed by atoms with Gasteiger partial charge in [-0.1, -0.05) is 0 Å². The largest absolute Gasteiger partial charge is 0.452 e. The molecule has 1 aliphatic rings. The Bertz CT molecular complexity index is 505. The fourth-order valence-corrected chi connectivity index (χ4v) is 2.16. The van der Waals surface area contributed by atoms with Crippen molar-refractivity contribution in [2.24, 2.45) is 5.84 Å². The number of nitrogens with zero attached hydrogens (tertiary/aromatic N) is 2. The van der Waals surface area contributed by atoms with Gasteiger partial charge in [-0.25, -0.2) is 15.6 Å². The maximum absolute atomic E-state index is 11.4. The van der Waals surface area contributed by atoms with Crippen LogP contribution in [0.3, 0.4) is 0 Å². The van der Waals surface area contributed by atoms with Gasteiger partial charge in [-0.15, -0.1) is 0 Å². The van der Waals surface area contributed by atoms with E-state index in [-0.39, 0.29) is 0 Å². The number of carbonyl (C=O) groups excluding carboxylic acids is 1. The Hall–Kier alpha value is -2.06. The molecule has 0 saturated carbocycles. The first-order chi connectivity index (χ1) is 8.17. The minimum Gasteiger partial charge on any atom is -0.452 e. The molecule has 0 radical (unpaired) electrons. The van der Waals surface area contributed by atoms with Gasteiger partial charge in [-0.3, -0.25) is 0 Å². The van der Waals surface area contributed by atoms with Crippen molar-refractivity contribution in [1.29, 1.82) is 5.26 Å². The van der Waals surface area contributed by atoms with Crippen molar-refractivity contribution in [1.82, 2.24) is 0 Å². The molecule has 0 aliphatic heterocycles. The second-order valence-corrected chi connectivity index (χ2v) is 3.94. The normalized spacial score (nSPS) is 12.8. The summed E-state index contributed by atoms with van der Waals surface area (Å²) in [7, 11) is 1.27. The van der Waals surface area contributed by atoms with E-state index in [1.807, 2.05) is 6.07 Å². The quantitative estimate of drug-likeness (QED) is 0.451. The van der Waals surface area contributed by atoms with Crippen molar-refractivity contribution in [2.45, 2.75) is 19.3 Å². The van der Waals surface area contributed by atoms with Crippen LogP contribution >= 0.6 is 0 Å². The van der Waals surface area contributed by atoms with Crippen molar-refractivity contribution < 1.29 is 9.53 Å². The van der Waals surface area contributed by atoms with E-state index in [2.05, 4.69) is 10.8 Å². The minimum atomic E-state index is -0.630. The van der Waals surface area contributed by atoms with E-state index in [1.54, 1.807) is 6.07 Å². The monoisotopic (exact) mass is 231 g/mol. The fourth-order valence-electron chi connectivity index (χ4n) is 2.16. The second kappa shape index (κ2) is 4.44. The number of benzene rings is 1. The number of ether oxygens (including phenoxy) is 1. The van der Waals surface area contributed by atoms with Gasteiger partial charge < -0.3 is 4.74 Å². The summed E-state index contributed by atoms with van der Waals surface area (Å²) in [5.74, 6) is 5.70. The molecule has 1 aliphatic carbocycles. The van der Waals surface area contributed by atoms with E-state index in [0.717, 1.165) is 35.4 Å². The van der Waals surface area contributed by atoms with Crippen molar-refractivity contribution in [3.8, 4) is 6.07 Å². The van der Waals surface area contributed by atoms with Gasteiger partial charge in [0.1, 0.15) is 0 Å². The second-order valence-electron chi connectivity index (χ2n) is 3.94. The molecule has 0 heterocycles. The number of fused-ring (bicyclic) bond motifs is 1. The number of aryl methyl sites for hydroxylation is 1. The Morgan fingerprint density at radius 2 is 2.29 bits per heavy atom. The lowest BCUT2D eigenvalue weighted by atomic mass is 10.0. The molecule has 0 fully saturated rings. The minimum absolute atomic E-state index is 0.514. The standard InChI is InChI=1S/C12H13N3O2/c1-17-12(16)15(14)11-6-8(7-13)5-9-3-2-4-10(9)11/h5-6H,2-4,14H2,1H3. The topological polar surface area (TPSA) is 79.3 Å². The zero-order chi connectivity index (χ0) is 12.4. The maximum Gasteiger partial charge on any atom is 0.428 e. The zero-order valence-corrected chi connectivity index (χ0v) is 9.56. The summed E-state index contributed by atoms with van der Waals surface area (Å²) in [5.41, 5.74) is 3.22. The molecule has 0 aromatic heterocycles. The van der Waals surface area contributed by atoms with Crippen LogP contribution in [0.5, 0.6) is 0 Å². The van der Waals surface area contributed by atoms with Crippen molar-refractivity contribution in [3.05, 3.63) is 28.8 Å². The van der Waals surface area contributed by atoms with Gasteiger partial charge in [0.25, 0.3) is 0 Å². The molecule has 0 spiro atoms. The maximum atomic E-state index is 11.4. The van der Waals surface area contributed by atoms with Crippen LogP contribution in [0.15, 0.2) is 12.1 Å². The number of anilines is 1. The first kappa shape index (κ1) is 11.4. The lowest BCUT2D eigenvalue weighted by Gasteiger charge is -2.18. The van der Waals surface area contributed by atoms with Crippen molar-refractivity contribution in [3.63, 3.8) is 0 Å². The average Bonchev–Trinajstić information content (AvgIpc) is 2.83. The summed E-state index contributed by atoms with van der Waals surface area (Å²) < 4.78 is 4.58. The van der Waals surface area contributed by atoms with Crippen molar-refractivity contribution >= 4 is 11.8 Å². The Labute approximate surface area is 99.4 Å². The molecule has 1 aromatic carbocycles. The van der Waals surface area contributed by atoms with Crippen LogP contribution in [0.4, 0.5) is 10.5 Å². The van der Waals surface area contributed by atoms with Crippen molar-refractivity contribution in [2.75, 3.05) is 12.1 Å². The van der Waals surface area contributed by atoms with Gasteiger partial charge >= 0.3 is 6.09 Å². The van der Waals surface area contributed by atoms with Crippen LogP contribution in [0.2, 0.25) is 0 Å². The third kappa shape index (κ3) is 1.95. The first-order valence-electron chi connectivity index (χ1n) is 5.36. The fraction of sp³-hybridized carbons (Fsp3) is 0.333. The first-order valence-corrected chi connectivity index (χ1v) is 5.36. The van der Waals surface area contributed by atoms with Gasteiger partial charge in [-0.2, -0.15) is 5.26 Å². The summed E-state index contributed by atoms with van der Waals surface area (Å²) in [6.45, 7) is 0. The molecule has 88 valence electrons. The molecule has 1 aromatic rings. The molecule has 0 atom stereocenters. The SMILES string of the molecule is COC(=O)N(N)c1cc(C#N)cc2c1CCC2. The van der Waals surface area contributed by atoms with Gasteiger partial charge in [-0.05, 0) is 42.5 Å². The Morgan fingerprint density at radius 1 is 1.53 bits per heavy atom. The molecule has 5 heteroatoms. The molecule has 0 bridgehead atoms. The smallest absolute Gasteiger partial charge is 0.428 e. The molecule has 0 unspecified atom stereocenters. The van der Waals surface area contributed by atoms with Gasteiger partial charge in [0, 0.05) is 0 Å². The number of nitriles is 1. The predicted octanol–water partition coefficient (Wildman–Crippen LogP) is 1.49. The van der Waals surface area contributed by atoms with Gasteiger partial charge in [0.15, 0.2) is 0 Å². The Balaban J connectivity index is 2.50. The van der Waals surface area contributed by atoms with Gasteiger partial charge in [0.2, 0.25) is 0 Å². The molecule has 2 rings (SSSR count). The summed E-state index contributed by atoms with van der Waals surface area (Å²) in [5, 5.41) is 9.91. The number of amides is 1. The number of hydrazine groups is 1. The lowest BCUT2D eigenvalue weighted by Crippen LogP contribution is -2.38. The van der Waals surface area contributed by atoms with Crippen LogP contribution in [-0.4, -0.2) is 13.2 Å². The number of nitrogens with two attached hydrogens (primary N) is 1. The van der Waals surface area contributed by atoms with Crippen LogP contribution in [0.1, 0.15) is 23.1 Å². The molecular weight excluding hydrogens is 218 g/mol. The third-order valence-electron chi connectivity index (χ3n) is 2.95. The molecule has 0 saturated heterocycles. The van der Waals surface area contributed by atoms with E-state index < -0.39 is 6.09 Å². The van der Waals surface area contributed by atoms with E-state index in [9.17, 15) is 4.79 Å². The zero-order valence-electron chi connectivity index (χ0n) is 9.56. The average molecular weight is 231 g/mol. The molecule has 17 heavy (non-hydrogen) atoms. The summed E-state index contributed by atoms with van der Waals surface area (Å²) in [6.07, 6.45) is 2.19. The Kier molecular flexibility index (Phi) is 2.98. The van der Waals surface area contributed by atoms with E-state index in [1.165, 1.54) is 7.11 Å². The van der Waals surface area contributed by atoms with Crippen LogP contribution in [-0.2, 0) is 17.6 Å². The van der Waals surface area contributed by atoms with Crippen LogP contribution < -0.4 is 10.9 Å². The number of carbonyl (C=O) groups is 1. The molecule has 1 amide bonds. The third-order valence-corrected chi connectivity index (χ3v) is 2.95. The Morgan fingerprint density at radius 3 is 2.94 bits per heavy atom. The molecular formula is C12H13N3O2. The number of methoxy groups -OCH3 is 1. The highest BCUT2D eigenvalue weighted by molar-refractivity contribution is 5.88. The molecule has 5 nitrogen and oxygen atoms in total. The highest BCUT2D eigenvalue weighted by Crippen LogP contribution is 2.32. The van der Waals surface area contributed by atoms with E-state index in [0.29, 0.717) is 11.3 Å². The lowest BCUT2D eigenvalue weighted by molar-refractivity contribution is 0.178. The summed E-state index contributed by atoms with van der Waals surface area (Å²) in [6, 6.07) is 5.56. The van der Waals surface area contributed by atoms with Crippen LogP contribution in [0, 0.1) is 11.3 Å². The number of rotatable bonds is 1. The van der Waals surface area contributed by atoms with Crippen LogP contribution in [0.25, 0.3) is 0 Å². The highest BCUT2D eigenvalue weighted by Gasteiger charge is 2.22. The molecule has 2 N–H and O–H groups in total. The van der Waals surface area contributed by atoms with Gasteiger partial charge in [0.05, 0.1) is 24.4 Å². The highest BCUT2D eigenvalue weighted by atomic mass is 16.5. The van der Waals surface area contributed by atoms with E-state index >= 15 is 0 Å². The van der Waals surface area contributed by atoms with E-state index in [4.69, 9.17) is 11.1 Å². The summed E-state index contributed by atoms with van der Waals surface area (Å²) >= 11 is 0.